The second-order valence-corrected chi connectivity index (χ2v) is 4.36. The monoisotopic (exact) mass is 292 g/mol. The number of carbonyl (C=O) groups is 2. The molecule has 0 atom stereocenters. The van der Waals surface area contributed by atoms with Gasteiger partial charge >= 0.3 is 5.97 Å². The molecule has 2 N–H and O–H groups in total. The van der Waals surface area contributed by atoms with Gasteiger partial charge in [0.05, 0.1) is 25.0 Å². The van der Waals surface area contributed by atoms with Crippen molar-refractivity contribution in [2.75, 3.05) is 19.0 Å². The normalized spacial score (nSPS) is 10.5. The lowest BCUT2D eigenvalue weighted by atomic mass is 10.4. The van der Waals surface area contributed by atoms with E-state index in [1.807, 2.05) is 0 Å². The van der Waals surface area contributed by atoms with Gasteiger partial charge in [-0.25, -0.2) is 4.79 Å². The van der Waals surface area contributed by atoms with E-state index in [9.17, 15) is 9.59 Å². The number of ether oxygens (including phenoxy) is 1. The number of amides is 1. The number of methoxy groups -OCH3 is 1. The number of rotatable bonds is 7. The summed E-state index contributed by atoms with van der Waals surface area (Å²) in [7, 11) is 1.60. The van der Waals surface area contributed by atoms with Gasteiger partial charge in [0.1, 0.15) is 12.2 Å². The predicted octanol–water partition coefficient (Wildman–Crippen LogP) is 0.668. The van der Waals surface area contributed by atoms with Crippen LogP contribution in [-0.2, 0) is 22.6 Å². The highest BCUT2D eigenvalue weighted by atomic mass is 16.5. The Morgan fingerprint density at radius 2 is 2.29 bits per heavy atom. The van der Waals surface area contributed by atoms with Crippen molar-refractivity contribution in [3.05, 3.63) is 36.4 Å². The Morgan fingerprint density at radius 1 is 1.48 bits per heavy atom. The molecular formula is C13H16N4O4. The summed E-state index contributed by atoms with van der Waals surface area (Å²) >= 11 is 0. The Morgan fingerprint density at radius 3 is 3.00 bits per heavy atom. The predicted molar refractivity (Wildman–Crippen MR) is 74.1 cm³/mol. The van der Waals surface area contributed by atoms with Gasteiger partial charge in [0.15, 0.2) is 0 Å². The number of nitrogens with one attached hydrogen (secondary N) is 1. The van der Waals surface area contributed by atoms with Crippen LogP contribution in [0.5, 0.6) is 0 Å². The van der Waals surface area contributed by atoms with E-state index in [0.717, 1.165) is 0 Å². The molecule has 0 radical (unpaired) electrons. The molecule has 8 nitrogen and oxygen atoms in total. The first-order valence-corrected chi connectivity index (χ1v) is 6.30. The second kappa shape index (κ2) is 6.71. The van der Waals surface area contributed by atoms with Gasteiger partial charge in [0.25, 0.3) is 0 Å². The molecule has 2 rings (SSSR count). The molecule has 0 aromatic carbocycles. The maximum atomic E-state index is 11.9. The first kappa shape index (κ1) is 14.8. The molecule has 112 valence electrons. The lowest BCUT2D eigenvalue weighted by molar-refractivity contribution is -0.116. The molecule has 8 heteroatoms. The summed E-state index contributed by atoms with van der Waals surface area (Å²) in [5, 5.41) is 15.7. The van der Waals surface area contributed by atoms with Gasteiger partial charge in [0, 0.05) is 19.5 Å². The lowest BCUT2D eigenvalue weighted by Gasteiger charge is -2.06. The molecule has 0 saturated heterocycles. The molecule has 0 unspecified atom stereocenters. The first-order valence-electron chi connectivity index (χ1n) is 6.30. The summed E-state index contributed by atoms with van der Waals surface area (Å²) in [5.41, 5.74) is 0.626. The average molecular weight is 292 g/mol. The van der Waals surface area contributed by atoms with Crippen LogP contribution < -0.4 is 5.32 Å². The van der Waals surface area contributed by atoms with Crippen LogP contribution in [0.4, 0.5) is 5.69 Å². The van der Waals surface area contributed by atoms with Crippen LogP contribution in [0.25, 0.3) is 0 Å². The zero-order valence-electron chi connectivity index (χ0n) is 11.5. The smallest absolute Gasteiger partial charge is 0.352 e. The molecule has 0 bridgehead atoms. The van der Waals surface area contributed by atoms with Crippen LogP contribution >= 0.6 is 0 Å². The Hall–Kier alpha value is -2.61. The molecule has 0 saturated carbocycles. The molecule has 2 heterocycles. The summed E-state index contributed by atoms with van der Waals surface area (Å²) in [6.07, 6.45) is 4.76. The third-order valence-corrected chi connectivity index (χ3v) is 2.80. The molecule has 2 aromatic heterocycles. The van der Waals surface area contributed by atoms with Crippen LogP contribution in [0.1, 0.15) is 10.5 Å². The van der Waals surface area contributed by atoms with Gasteiger partial charge in [-0.2, -0.15) is 5.10 Å². The maximum absolute atomic E-state index is 11.9. The number of hydrogen-bond donors (Lipinski definition) is 2. The number of anilines is 1. The van der Waals surface area contributed by atoms with Crippen molar-refractivity contribution >= 4 is 17.6 Å². The van der Waals surface area contributed by atoms with Crippen molar-refractivity contribution in [1.82, 2.24) is 14.3 Å². The summed E-state index contributed by atoms with van der Waals surface area (Å²) < 4.78 is 7.95. The standard InChI is InChI=1S/C13H16N4O4/c1-21-6-5-17-8-10(7-14-17)15-12(18)9-16-4-2-3-11(16)13(19)20/h2-4,7-8H,5-6,9H2,1H3,(H,15,18)(H,19,20). The summed E-state index contributed by atoms with van der Waals surface area (Å²) in [6.45, 7) is 1.05. The van der Waals surface area contributed by atoms with Crippen molar-refractivity contribution in [2.45, 2.75) is 13.1 Å². The molecule has 0 spiro atoms. The highest BCUT2D eigenvalue weighted by Crippen LogP contribution is 2.07. The van der Waals surface area contributed by atoms with Crippen LogP contribution in [0.2, 0.25) is 0 Å². The minimum absolute atomic E-state index is 0.0703. The fourth-order valence-electron chi connectivity index (χ4n) is 1.84. The highest BCUT2D eigenvalue weighted by molar-refractivity contribution is 5.91. The van der Waals surface area contributed by atoms with E-state index < -0.39 is 5.97 Å². The fraction of sp³-hybridized carbons (Fsp3) is 0.308. The molecule has 21 heavy (non-hydrogen) atoms. The van der Waals surface area contributed by atoms with E-state index in [4.69, 9.17) is 9.84 Å². The maximum Gasteiger partial charge on any atom is 0.352 e. The topological polar surface area (TPSA) is 98.4 Å². The summed E-state index contributed by atoms with van der Waals surface area (Å²) in [6, 6.07) is 3.03. The van der Waals surface area contributed by atoms with Gasteiger partial charge in [0.2, 0.25) is 5.91 Å². The minimum atomic E-state index is -1.07. The first-order chi connectivity index (χ1) is 10.1. The third kappa shape index (κ3) is 3.93. The summed E-state index contributed by atoms with van der Waals surface area (Å²) in [5.74, 6) is -1.39. The quantitative estimate of drug-likeness (QED) is 0.781. The lowest BCUT2D eigenvalue weighted by Crippen LogP contribution is -2.20. The zero-order valence-corrected chi connectivity index (χ0v) is 11.5. The van der Waals surface area contributed by atoms with Crippen molar-refractivity contribution in [3.63, 3.8) is 0 Å². The molecule has 0 aliphatic carbocycles. The van der Waals surface area contributed by atoms with Crippen molar-refractivity contribution in [3.8, 4) is 0 Å². The number of aromatic carboxylic acids is 1. The van der Waals surface area contributed by atoms with Gasteiger partial charge in [-0.15, -0.1) is 0 Å². The Balaban J connectivity index is 1.93. The van der Waals surface area contributed by atoms with E-state index in [2.05, 4.69) is 10.4 Å². The number of hydrogen-bond acceptors (Lipinski definition) is 4. The van der Waals surface area contributed by atoms with E-state index in [1.165, 1.54) is 16.8 Å². The Labute approximate surface area is 120 Å². The van der Waals surface area contributed by atoms with Crippen molar-refractivity contribution in [1.29, 1.82) is 0 Å². The number of carboxylic acid groups (broad SMARTS) is 1. The second-order valence-electron chi connectivity index (χ2n) is 4.36. The number of aromatic nitrogens is 3. The molecule has 2 aromatic rings. The zero-order chi connectivity index (χ0) is 15.2. The third-order valence-electron chi connectivity index (χ3n) is 2.80. The average Bonchev–Trinajstić information content (AvgIpc) is 3.05. The fourth-order valence-corrected chi connectivity index (χ4v) is 1.84. The minimum Gasteiger partial charge on any atom is -0.477 e. The van der Waals surface area contributed by atoms with Gasteiger partial charge in [-0.3, -0.25) is 9.48 Å². The van der Waals surface area contributed by atoms with Gasteiger partial charge < -0.3 is 19.7 Å². The molecule has 0 aliphatic heterocycles. The van der Waals surface area contributed by atoms with Crippen molar-refractivity contribution in [2.24, 2.45) is 0 Å². The molecule has 1 amide bonds. The Bertz CT molecular complexity index is 632. The number of carbonyl (C=O) groups excluding carboxylic acids is 1. The van der Waals surface area contributed by atoms with Crippen LogP contribution in [0.15, 0.2) is 30.7 Å². The van der Waals surface area contributed by atoms with Crippen LogP contribution in [0, 0.1) is 0 Å². The SMILES string of the molecule is COCCn1cc(NC(=O)Cn2cccc2C(=O)O)cn1. The number of nitrogens with zero attached hydrogens (tertiary/aromatic N) is 3. The van der Waals surface area contributed by atoms with Crippen LogP contribution in [0.3, 0.4) is 0 Å². The van der Waals surface area contributed by atoms with Crippen molar-refractivity contribution < 1.29 is 19.4 Å². The van der Waals surface area contributed by atoms with Gasteiger partial charge in [-0.05, 0) is 12.1 Å². The molecular weight excluding hydrogens is 276 g/mol. The number of carboxylic acids is 1. The molecule has 0 fully saturated rings. The largest absolute Gasteiger partial charge is 0.477 e. The van der Waals surface area contributed by atoms with E-state index in [-0.39, 0.29) is 18.1 Å². The van der Waals surface area contributed by atoms with Gasteiger partial charge in [-0.1, -0.05) is 0 Å². The molecule has 0 aliphatic rings. The summed E-state index contributed by atoms with van der Waals surface area (Å²) in [4.78, 5) is 22.8. The van der Waals surface area contributed by atoms with E-state index >= 15 is 0 Å². The highest BCUT2D eigenvalue weighted by Gasteiger charge is 2.12. The van der Waals surface area contributed by atoms with E-state index in [1.54, 1.807) is 30.3 Å². The Kier molecular flexibility index (Phi) is 4.72. The van der Waals surface area contributed by atoms with Crippen LogP contribution in [-0.4, -0.2) is 45.0 Å². The van der Waals surface area contributed by atoms with E-state index in [0.29, 0.717) is 18.8 Å².